The Labute approximate surface area is 91.5 Å². The summed E-state index contributed by atoms with van der Waals surface area (Å²) in [5.41, 5.74) is 0. The zero-order valence-corrected chi connectivity index (χ0v) is 9.45. The van der Waals surface area contributed by atoms with Crippen LogP contribution in [0.4, 0.5) is 5.13 Å². The van der Waals surface area contributed by atoms with Crippen molar-refractivity contribution in [2.24, 2.45) is 7.05 Å². The number of nitrogens with zero attached hydrogens (tertiary/aromatic N) is 5. The molecule has 0 spiro atoms. The number of nitrogens with one attached hydrogen (secondary N) is 1. The molecule has 0 atom stereocenters. The fourth-order valence-electron chi connectivity index (χ4n) is 1.15. The summed E-state index contributed by atoms with van der Waals surface area (Å²) in [5.74, 6) is 1.64. The van der Waals surface area contributed by atoms with Gasteiger partial charge in [0.25, 0.3) is 0 Å². The van der Waals surface area contributed by atoms with Crippen LogP contribution >= 0.6 is 11.5 Å². The number of rotatable bonds is 4. The van der Waals surface area contributed by atoms with Crippen LogP contribution in [0.25, 0.3) is 0 Å². The highest BCUT2D eigenvalue weighted by Crippen LogP contribution is 2.09. The lowest BCUT2D eigenvalue weighted by atomic mass is 10.4. The summed E-state index contributed by atoms with van der Waals surface area (Å²) in [6.07, 6.45) is 2.49. The molecule has 0 amide bonds. The van der Waals surface area contributed by atoms with Gasteiger partial charge >= 0.3 is 0 Å². The Morgan fingerprint density at radius 2 is 2.40 bits per heavy atom. The van der Waals surface area contributed by atoms with Crippen LogP contribution in [0.2, 0.25) is 0 Å². The number of hydrogen-bond acceptors (Lipinski definition) is 6. The van der Waals surface area contributed by atoms with Crippen LogP contribution < -0.4 is 5.32 Å². The van der Waals surface area contributed by atoms with Gasteiger partial charge in [-0.05, 0) is 6.92 Å². The van der Waals surface area contributed by atoms with Gasteiger partial charge in [-0.15, -0.1) is 0 Å². The average Bonchev–Trinajstić information content (AvgIpc) is 2.76. The zero-order chi connectivity index (χ0) is 10.7. The molecule has 0 saturated carbocycles. The van der Waals surface area contributed by atoms with Crippen LogP contribution in [0.15, 0.2) is 6.33 Å². The van der Waals surface area contributed by atoms with E-state index in [0.29, 0.717) is 0 Å². The first kappa shape index (κ1) is 10.0. The summed E-state index contributed by atoms with van der Waals surface area (Å²) in [5, 5.41) is 8.21. The maximum absolute atomic E-state index is 4.20. The second-order valence-corrected chi connectivity index (χ2v) is 3.91. The van der Waals surface area contributed by atoms with Crippen molar-refractivity contribution < 1.29 is 0 Å². The Hall–Kier alpha value is -1.50. The highest BCUT2D eigenvalue weighted by molar-refractivity contribution is 7.09. The monoisotopic (exact) mass is 224 g/mol. The summed E-state index contributed by atoms with van der Waals surface area (Å²) < 4.78 is 5.78. The molecule has 0 bridgehead atoms. The smallest absolute Gasteiger partial charge is 0.202 e. The SMILES string of the molecule is Cc1nsc(NCCc2ncn(C)n2)n1. The summed E-state index contributed by atoms with van der Waals surface area (Å²) in [6.45, 7) is 2.65. The summed E-state index contributed by atoms with van der Waals surface area (Å²) in [7, 11) is 1.86. The molecule has 2 heterocycles. The number of hydrogen-bond donors (Lipinski definition) is 1. The van der Waals surface area contributed by atoms with E-state index in [-0.39, 0.29) is 0 Å². The summed E-state index contributed by atoms with van der Waals surface area (Å²) >= 11 is 1.37. The Balaban J connectivity index is 1.80. The van der Waals surface area contributed by atoms with Crippen molar-refractivity contribution >= 4 is 16.7 Å². The zero-order valence-electron chi connectivity index (χ0n) is 8.64. The molecule has 0 aliphatic heterocycles. The highest BCUT2D eigenvalue weighted by atomic mass is 32.1. The maximum Gasteiger partial charge on any atom is 0.202 e. The largest absolute Gasteiger partial charge is 0.360 e. The third-order valence-corrected chi connectivity index (χ3v) is 2.56. The van der Waals surface area contributed by atoms with Gasteiger partial charge in [0.2, 0.25) is 5.13 Å². The Morgan fingerprint density at radius 3 is 3.00 bits per heavy atom. The lowest BCUT2D eigenvalue weighted by Crippen LogP contribution is -2.06. The van der Waals surface area contributed by atoms with Gasteiger partial charge in [-0.2, -0.15) is 9.47 Å². The van der Waals surface area contributed by atoms with Crippen LogP contribution in [-0.2, 0) is 13.5 Å². The second kappa shape index (κ2) is 4.35. The normalized spacial score (nSPS) is 10.5. The molecule has 2 rings (SSSR count). The van der Waals surface area contributed by atoms with Crippen LogP contribution in [-0.4, -0.2) is 30.7 Å². The van der Waals surface area contributed by atoms with Gasteiger partial charge in [0.05, 0.1) is 0 Å². The first-order valence-corrected chi connectivity index (χ1v) is 5.40. The van der Waals surface area contributed by atoms with E-state index in [9.17, 15) is 0 Å². The van der Waals surface area contributed by atoms with E-state index < -0.39 is 0 Å². The fraction of sp³-hybridized carbons (Fsp3) is 0.500. The molecule has 0 aromatic carbocycles. The van der Waals surface area contributed by atoms with Crippen molar-refractivity contribution in [1.82, 2.24) is 24.1 Å². The van der Waals surface area contributed by atoms with Gasteiger partial charge in [-0.25, -0.2) is 9.97 Å². The topological polar surface area (TPSA) is 68.5 Å². The molecule has 7 heteroatoms. The lowest BCUT2D eigenvalue weighted by Gasteiger charge is -1.97. The van der Waals surface area contributed by atoms with Crippen LogP contribution in [0.3, 0.4) is 0 Å². The van der Waals surface area contributed by atoms with Crippen LogP contribution in [0.5, 0.6) is 0 Å². The molecule has 1 N–H and O–H groups in total. The standard InChI is InChI=1S/C8H12N6S/c1-6-11-8(15-13-6)9-4-3-7-10-5-14(2)12-7/h5H,3-4H2,1-2H3,(H,9,11,13). The van der Waals surface area contributed by atoms with Gasteiger partial charge in [-0.3, -0.25) is 4.68 Å². The van der Waals surface area contributed by atoms with E-state index in [0.717, 1.165) is 29.7 Å². The van der Waals surface area contributed by atoms with Gasteiger partial charge in [-0.1, -0.05) is 0 Å². The molecular formula is C8H12N6S. The van der Waals surface area contributed by atoms with Crippen molar-refractivity contribution in [2.75, 3.05) is 11.9 Å². The molecule has 6 nitrogen and oxygen atoms in total. The first-order chi connectivity index (χ1) is 7.24. The van der Waals surface area contributed by atoms with E-state index in [1.807, 2.05) is 14.0 Å². The van der Waals surface area contributed by atoms with Crippen molar-refractivity contribution in [3.63, 3.8) is 0 Å². The maximum atomic E-state index is 4.20. The molecule has 0 aliphatic carbocycles. The van der Waals surface area contributed by atoms with Gasteiger partial charge < -0.3 is 5.32 Å². The van der Waals surface area contributed by atoms with Crippen molar-refractivity contribution in [1.29, 1.82) is 0 Å². The minimum atomic E-state index is 0.776. The molecule has 0 radical (unpaired) electrons. The Kier molecular flexibility index (Phi) is 2.91. The average molecular weight is 224 g/mol. The van der Waals surface area contributed by atoms with Gasteiger partial charge in [0.1, 0.15) is 12.2 Å². The fourth-order valence-corrected chi connectivity index (χ4v) is 1.75. The van der Waals surface area contributed by atoms with E-state index in [4.69, 9.17) is 0 Å². The van der Waals surface area contributed by atoms with Crippen LogP contribution in [0.1, 0.15) is 11.6 Å². The predicted molar refractivity (Wildman–Crippen MR) is 57.8 cm³/mol. The Morgan fingerprint density at radius 1 is 1.53 bits per heavy atom. The Bertz CT molecular complexity index is 394. The van der Waals surface area contributed by atoms with E-state index >= 15 is 0 Å². The quantitative estimate of drug-likeness (QED) is 0.825. The number of aromatic nitrogens is 5. The van der Waals surface area contributed by atoms with Crippen molar-refractivity contribution in [3.05, 3.63) is 18.0 Å². The number of aryl methyl sites for hydroxylation is 2. The third-order valence-electron chi connectivity index (χ3n) is 1.80. The number of anilines is 1. The minimum absolute atomic E-state index is 0.776. The van der Waals surface area contributed by atoms with Crippen molar-refractivity contribution in [2.45, 2.75) is 13.3 Å². The molecule has 2 aromatic heterocycles. The third kappa shape index (κ3) is 2.72. The molecular weight excluding hydrogens is 212 g/mol. The summed E-state index contributed by atoms with van der Waals surface area (Å²) in [6, 6.07) is 0. The first-order valence-electron chi connectivity index (χ1n) is 4.63. The molecule has 15 heavy (non-hydrogen) atoms. The summed E-state index contributed by atoms with van der Waals surface area (Å²) in [4.78, 5) is 8.33. The molecule has 2 aromatic rings. The van der Waals surface area contributed by atoms with Crippen LogP contribution in [0, 0.1) is 6.92 Å². The van der Waals surface area contributed by atoms with E-state index in [1.165, 1.54) is 11.5 Å². The lowest BCUT2D eigenvalue weighted by molar-refractivity contribution is 0.742. The molecule has 0 aliphatic rings. The van der Waals surface area contributed by atoms with Crippen molar-refractivity contribution in [3.8, 4) is 0 Å². The molecule has 0 unspecified atom stereocenters. The molecule has 0 saturated heterocycles. The van der Waals surface area contributed by atoms with E-state index in [1.54, 1.807) is 11.0 Å². The molecule has 0 fully saturated rings. The second-order valence-electron chi connectivity index (χ2n) is 3.16. The minimum Gasteiger partial charge on any atom is -0.360 e. The highest BCUT2D eigenvalue weighted by Gasteiger charge is 2.01. The van der Waals surface area contributed by atoms with Gasteiger partial charge in [0.15, 0.2) is 5.82 Å². The van der Waals surface area contributed by atoms with Gasteiger partial charge in [0, 0.05) is 31.5 Å². The predicted octanol–water partition coefficient (Wildman–Crippen LogP) is 0.630. The van der Waals surface area contributed by atoms with E-state index in [2.05, 4.69) is 24.8 Å². The molecule has 80 valence electrons.